The fraction of sp³-hybridized carbons (Fsp3) is 0.643. The Labute approximate surface area is 115 Å². The van der Waals surface area contributed by atoms with Gasteiger partial charge in [0, 0.05) is 25.0 Å². The van der Waals surface area contributed by atoms with Crippen molar-refractivity contribution in [1.82, 2.24) is 20.6 Å². The van der Waals surface area contributed by atoms with E-state index < -0.39 is 0 Å². The molecule has 0 bridgehead atoms. The summed E-state index contributed by atoms with van der Waals surface area (Å²) in [6.07, 6.45) is 5.37. The van der Waals surface area contributed by atoms with Crippen molar-refractivity contribution >= 4 is 5.91 Å². The van der Waals surface area contributed by atoms with Gasteiger partial charge in [-0.05, 0) is 26.7 Å². The van der Waals surface area contributed by atoms with E-state index in [9.17, 15) is 4.79 Å². The molecule has 5 nitrogen and oxygen atoms in total. The van der Waals surface area contributed by atoms with E-state index in [2.05, 4.69) is 34.4 Å². The summed E-state index contributed by atoms with van der Waals surface area (Å²) < 4.78 is 0. The van der Waals surface area contributed by atoms with Crippen LogP contribution in [0.5, 0.6) is 0 Å². The third-order valence-electron chi connectivity index (χ3n) is 3.15. The molecule has 0 aliphatic rings. The molecule has 1 heterocycles. The number of aromatic nitrogens is 2. The Kier molecular flexibility index (Phi) is 6.42. The Balaban J connectivity index is 2.39. The lowest BCUT2D eigenvalue weighted by Gasteiger charge is -2.19. The Bertz CT molecular complexity index is 387. The zero-order chi connectivity index (χ0) is 14.3. The summed E-state index contributed by atoms with van der Waals surface area (Å²) in [5, 5.41) is 6.18. The second-order valence-electron chi connectivity index (χ2n) is 4.77. The molecule has 106 valence electrons. The maximum atomic E-state index is 11.9. The van der Waals surface area contributed by atoms with Gasteiger partial charge < -0.3 is 10.6 Å². The number of carbonyl (C=O) groups excluding carboxylic acids is 1. The number of amides is 1. The molecule has 0 radical (unpaired) electrons. The van der Waals surface area contributed by atoms with Crippen LogP contribution < -0.4 is 10.6 Å². The number of carbonyl (C=O) groups is 1. The van der Waals surface area contributed by atoms with Crippen LogP contribution in [0.2, 0.25) is 0 Å². The van der Waals surface area contributed by atoms with Crippen LogP contribution in [-0.2, 0) is 11.3 Å². The second kappa shape index (κ2) is 7.84. The van der Waals surface area contributed by atoms with E-state index in [-0.39, 0.29) is 18.0 Å². The fourth-order valence-electron chi connectivity index (χ4n) is 1.68. The minimum absolute atomic E-state index is 0.0359. The number of hydrogen-bond acceptors (Lipinski definition) is 4. The Morgan fingerprint density at radius 1 is 1.26 bits per heavy atom. The summed E-state index contributed by atoms with van der Waals surface area (Å²) >= 11 is 0. The van der Waals surface area contributed by atoms with Gasteiger partial charge in [-0.1, -0.05) is 13.8 Å². The monoisotopic (exact) mass is 264 g/mol. The van der Waals surface area contributed by atoms with E-state index in [0.29, 0.717) is 6.54 Å². The number of nitrogens with zero attached hydrogens (tertiary/aromatic N) is 2. The van der Waals surface area contributed by atoms with Crippen molar-refractivity contribution < 1.29 is 4.79 Å². The van der Waals surface area contributed by atoms with Gasteiger partial charge in [-0.3, -0.25) is 14.8 Å². The Morgan fingerprint density at radius 3 is 2.47 bits per heavy atom. The molecule has 5 heteroatoms. The van der Waals surface area contributed by atoms with Gasteiger partial charge in [0.25, 0.3) is 0 Å². The van der Waals surface area contributed by atoms with Gasteiger partial charge in [0.2, 0.25) is 5.91 Å². The van der Waals surface area contributed by atoms with E-state index >= 15 is 0 Å². The van der Waals surface area contributed by atoms with Crippen LogP contribution in [0.3, 0.4) is 0 Å². The minimum atomic E-state index is -0.233. The van der Waals surface area contributed by atoms with Gasteiger partial charge in [-0.25, -0.2) is 0 Å². The minimum Gasteiger partial charge on any atom is -0.352 e. The summed E-state index contributed by atoms with van der Waals surface area (Å²) in [6, 6.07) is 0.0274. The van der Waals surface area contributed by atoms with Crippen LogP contribution in [0, 0.1) is 6.92 Å². The first-order chi connectivity index (χ1) is 9.06. The maximum Gasteiger partial charge on any atom is 0.237 e. The standard InChI is InChI=1S/C14H24N4O/c1-5-12(6-2)18-14(19)11(4)16-9-13-8-15-10(3)7-17-13/h7-8,11-12,16H,5-6,9H2,1-4H3,(H,18,19). The number of aryl methyl sites for hydroxylation is 1. The van der Waals surface area contributed by atoms with E-state index in [0.717, 1.165) is 24.2 Å². The highest BCUT2D eigenvalue weighted by Crippen LogP contribution is 1.98. The van der Waals surface area contributed by atoms with Gasteiger partial charge in [0.05, 0.1) is 17.4 Å². The lowest BCUT2D eigenvalue weighted by atomic mass is 10.1. The zero-order valence-electron chi connectivity index (χ0n) is 12.2. The summed E-state index contributed by atoms with van der Waals surface area (Å²) in [7, 11) is 0. The quantitative estimate of drug-likeness (QED) is 0.784. The second-order valence-corrected chi connectivity index (χ2v) is 4.77. The highest BCUT2D eigenvalue weighted by molar-refractivity contribution is 5.81. The molecule has 1 rings (SSSR count). The van der Waals surface area contributed by atoms with Crippen LogP contribution in [0.25, 0.3) is 0 Å². The van der Waals surface area contributed by atoms with Crippen molar-refractivity contribution in [3.05, 3.63) is 23.8 Å². The van der Waals surface area contributed by atoms with Crippen LogP contribution in [0.15, 0.2) is 12.4 Å². The fourth-order valence-corrected chi connectivity index (χ4v) is 1.68. The first kappa shape index (κ1) is 15.6. The Morgan fingerprint density at radius 2 is 1.95 bits per heavy atom. The number of nitrogens with one attached hydrogen (secondary N) is 2. The molecule has 0 saturated carbocycles. The van der Waals surface area contributed by atoms with E-state index in [1.165, 1.54) is 0 Å². The predicted octanol–water partition coefficient (Wildman–Crippen LogP) is 1.57. The van der Waals surface area contributed by atoms with Crippen molar-refractivity contribution in [1.29, 1.82) is 0 Å². The molecule has 1 unspecified atom stereocenters. The molecule has 0 fully saturated rings. The van der Waals surface area contributed by atoms with Crippen molar-refractivity contribution in [2.45, 2.75) is 59.2 Å². The molecule has 1 atom stereocenters. The molecule has 0 saturated heterocycles. The van der Waals surface area contributed by atoms with Crippen LogP contribution >= 0.6 is 0 Å². The van der Waals surface area contributed by atoms with Crippen molar-refractivity contribution in [3.63, 3.8) is 0 Å². The van der Waals surface area contributed by atoms with E-state index in [1.807, 2.05) is 13.8 Å². The van der Waals surface area contributed by atoms with E-state index in [1.54, 1.807) is 12.4 Å². The van der Waals surface area contributed by atoms with Crippen molar-refractivity contribution in [2.75, 3.05) is 0 Å². The van der Waals surface area contributed by atoms with Crippen LogP contribution in [0.4, 0.5) is 0 Å². The smallest absolute Gasteiger partial charge is 0.237 e. The molecule has 0 aliphatic heterocycles. The molecule has 1 amide bonds. The van der Waals surface area contributed by atoms with Crippen molar-refractivity contribution in [2.24, 2.45) is 0 Å². The van der Waals surface area contributed by atoms with Gasteiger partial charge in [0.15, 0.2) is 0 Å². The average Bonchev–Trinajstić information content (AvgIpc) is 2.43. The van der Waals surface area contributed by atoms with Crippen LogP contribution in [-0.4, -0.2) is 28.0 Å². The Hall–Kier alpha value is -1.49. The van der Waals surface area contributed by atoms with Gasteiger partial charge in [0.1, 0.15) is 0 Å². The first-order valence-electron chi connectivity index (χ1n) is 6.88. The SMILES string of the molecule is CCC(CC)NC(=O)C(C)NCc1cnc(C)cn1. The third kappa shape index (κ3) is 5.34. The van der Waals surface area contributed by atoms with E-state index in [4.69, 9.17) is 0 Å². The molecule has 1 aromatic rings. The molecular formula is C14H24N4O. The van der Waals surface area contributed by atoms with Crippen molar-refractivity contribution in [3.8, 4) is 0 Å². The first-order valence-corrected chi connectivity index (χ1v) is 6.88. The maximum absolute atomic E-state index is 11.9. The van der Waals surface area contributed by atoms with Gasteiger partial charge >= 0.3 is 0 Å². The predicted molar refractivity (Wildman–Crippen MR) is 75.6 cm³/mol. The third-order valence-corrected chi connectivity index (χ3v) is 3.15. The summed E-state index contributed by atoms with van der Waals surface area (Å²) in [5.41, 5.74) is 1.73. The molecule has 0 spiro atoms. The number of rotatable bonds is 7. The summed E-state index contributed by atoms with van der Waals surface area (Å²) in [4.78, 5) is 20.4. The molecule has 19 heavy (non-hydrogen) atoms. The molecule has 1 aromatic heterocycles. The highest BCUT2D eigenvalue weighted by atomic mass is 16.2. The van der Waals surface area contributed by atoms with Gasteiger partial charge in [-0.15, -0.1) is 0 Å². The molecule has 0 aliphatic carbocycles. The summed E-state index contributed by atoms with van der Waals surface area (Å²) in [6.45, 7) is 8.46. The van der Waals surface area contributed by atoms with Crippen LogP contribution in [0.1, 0.15) is 45.0 Å². The van der Waals surface area contributed by atoms with Gasteiger partial charge in [-0.2, -0.15) is 0 Å². The molecule has 0 aromatic carbocycles. The normalized spacial score (nSPS) is 12.5. The zero-order valence-corrected chi connectivity index (χ0v) is 12.2. The molecule has 2 N–H and O–H groups in total. The molecular weight excluding hydrogens is 240 g/mol. The average molecular weight is 264 g/mol. The highest BCUT2D eigenvalue weighted by Gasteiger charge is 2.15. The lowest BCUT2D eigenvalue weighted by molar-refractivity contribution is -0.123. The largest absolute Gasteiger partial charge is 0.352 e. The number of hydrogen-bond donors (Lipinski definition) is 2. The lowest BCUT2D eigenvalue weighted by Crippen LogP contribution is -2.45. The topological polar surface area (TPSA) is 66.9 Å². The summed E-state index contributed by atoms with van der Waals surface area (Å²) in [5.74, 6) is 0.0359.